The zero-order valence-electron chi connectivity index (χ0n) is 12.2. The van der Waals surface area contributed by atoms with E-state index in [1.807, 2.05) is 0 Å². The molecule has 0 spiro atoms. The molecule has 2 heterocycles. The molecule has 4 nitrogen and oxygen atoms in total. The SMILES string of the molecule is NC(C(=O)N1CCC(C(F)(F)F)(C(F)(F)F)C1)C1CCOCC1. The van der Waals surface area contributed by atoms with Crippen LogP contribution in [0.1, 0.15) is 19.3 Å². The van der Waals surface area contributed by atoms with Gasteiger partial charge in [0.2, 0.25) is 5.91 Å². The summed E-state index contributed by atoms with van der Waals surface area (Å²) >= 11 is 0. The molecule has 2 aliphatic rings. The number of carbonyl (C=O) groups excluding carboxylic acids is 1. The van der Waals surface area contributed by atoms with E-state index in [-0.39, 0.29) is 5.92 Å². The van der Waals surface area contributed by atoms with Crippen LogP contribution in [0.25, 0.3) is 0 Å². The number of halogens is 6. The summed E-state index contributed by atoms with van der Waals surface area (Å²) in [7, 11) is 0. The molecule has 1 unspecified atom stereocenters. The zero-order valence-corrected chi connectivity index (χ0v) is 12.2. The van der Waals surface area contributed by atoms with Crippen molar-refractivity contribution in [2.24, 2.45) is 17.1 Å². The normalized spacial score (nSPS) is 24.7. The van der Waals surface area contributed by atoms with Gasteiger partial charge in [-0.2, -0.15) is 26.3 Å². The monoisotopic (exact) mass is 348 g/mol. The van der Waals surface area contributed by atoms with Crippen molar-refractivity contribution in [1.29, 1.82) is 0 Å². The second kappa shape index (κ2) is 6.12. The minimum atomic E-state index is -5.47. The van der Waals surface area contributed by atoms with Gasteiger partial charge in [0.1, 0.15) is 0 Å². The summed E-state index contributed by atoms with van der Waals surface area (Å²) < 4.78 is 83.1. The van der Waals surface area contributed by atoms with Crippen LogP contribution in [0.5, 0.6) is 0 Å². The summed E-state index contributed by atoms with van der Waals surface area (Å²) in [6, 6.07) is -1.10. The maximum Gasteiger partial charge on any atom is 0.404 e. The maximum absolute atomic E-state index is 13.0. The Morgan fingerprint density at radius 1 is 1.13 bits per heavy atom. The highest BCUT2D eigenvalue weighted by molar-refractivity contribution is 5.82. The van der Waals surface area contributed by atoms with Gasteiger partial charge in [-0.15, -0.1) is 0 Å². The number of nitrogens with two attached hydrogens (primary N) is 1. The van der Waals surface area contributed by atoms with Gasteiger partial charge in [0.15, 0.2) is 5.41 Å². The predicted octanol–water partition coefficient (Wildman–Crippen LogP) is 2.08. The summed E-state index contributed by atoms with van der Waals surface area (Å²) in [5.74, 6) is -1.14. The molecule has 23 heavy (non-hydrogen) atoms. The molecule has 2 N–H and O–H groups in total. The minimum absolute atomic E-state index is 0.289. The largest absolute Gasteiger partial charge is 0.404 e. The van der Waals surface area contributed by atoms with Crippen molar-refractivity contribution in [1.82, 2.24) is 4.90 Å². The number of nitrogens with zero attached hydrogens (tertiary/aromatic N) is 1. The van der Waals surface area contributed by atoms with Crippen molar-refractivity contribution >= 4 is 5.91 Å². The van der Waals surface area contributed by atoms with Gasteiger partial charge in [0.25, 0.3) is 0 Å². The number of hydrogen-bond donors (Lipinski definition) is 1. The maximum atomic E-state index is 13.0. The molecule has 2 fully saturated rings. The zero-order chi connectivity index (χ0) is 17.5. The molecule has 0 aliphatic carbocycles. The Hall–Kier alpha value is -1.03. The van der Waals surface area contributed by atoms with E-state index in [9.17, 15) is 31.1 Å². The van der Waals surface area contributed by atoms with E-state index in [0.717, 1.165) is 0 Å². The number of likely N-dealkylation sites (tertiary alicyclic amines) is 1. The molecule has 2 rings (SSSR count). The van der Waals surface area contributed by atoms with Gasteiger partial charge in [-0.3, -0.25) is 4.79 Å². The smallest absolute Gasteiger partial charge is 0.381 e. The number of alkyl halides is 6. The standard InChI is InChI=1S/C13H18F6N2O2/c14-12(15,16)11(13(17,18)19)3-4-21(7-11)10(22)9(20)8-1-5-23-6-2-8/h8-9H,1-7,20H2. The molecule has 0 bridgehead atoms. The van der Waals surface area contributed by atoms with Gasteiger partial charge in [0.05, 0.1) is 6.04 Å². The van der Waals surface area contributed by atoms with Crippen LogP contribution in [0.4, 0.5) is 26.3 Å². The topological polar surface area (TPSA) is 55.6 Å². The lowest BCUT2D eigenvalue weighted by atomic mass is 9.85. The third-order valence-electron chi connectivity index (χ3n) is 4.73. The first-order valence-corrected chi connectivity index (χ1v) is 7.25. The summed E-state index contributed by atoms with van der Waals surface area (Å²) in [6.45, 7) is -1.27. The van der Waals surface area contributed by atoms with E-state index in [1.165, 1.54) is 0 Å². The Morgan fingerprint density at radius 2 is 1.65 bits per heavy atom. The fourth-order valence-electron chi connectivity index (χ4n) is 3.11. The van der Waals surface area contributed by atoms with Crippen LogP contribution in [0.3, 0.4) is 0 Å². The quantitative estimate of drug-likeness (QED) is 0.778. The van der Waals surface area contributed by atoms with Gasteiger partial charge in [-0.1, -0.05) is 0 Å². The summed E-state index contributed by atoms with van der Waals surface area (Å²) in [6.07, 6.45) is -11.2. The Bertz CT molecular complexity index is 431. The molecule has 0 radical (unpaired) electrons. The molecule has 0 aromatic carbocycles. The highest BCUT2D eigenvalue weighted by Gasteiger charge is 2.73. The Kier molecular flexibility index (Phi) is 4.87. The van der Waals surface area contributed by atoms with Gasteiger partial charge in [-0.25, -0.2) is 0 Å². The highest BCUT2D eigenvalue weighted by Crippen LogP contribution is 2.55. The average molecular weight is 348 g/mol. The van der Waals surface area contributed by atoms with Gasteiger partial charge in [-0.05, 0) is 25.2 Å². The van der Waals surface area contributed by atoms with Crippen LogP contribution in [0.2, 0.25) is 0 Å². The molecular weight excluding hydrogens is 330 g/mol. The fraction of sp³-hybridized carbons (Fsp3) is 0.923. The fourth-order valence-corrected chi connectivity index (χ4v) is 3.11. The number of ether oxygens (including phenoxy) is 1. The molecule has 134 valence electrons. The lowest BCUT2D eigenvalue weighted by Crippen LogP contribution is -2.54. The van der Waals surface area contributed by atoms with Crippen molar-refractivity contribution < 1.29 is 35.9 Å². The molecule has 1 amide bonds. The number of amides is 1. The van der Waals surface area contributed by atoms with E-state index < -0.39 is 49.2 Å². The Balaban J connectivity index is 2.12. The molecule has 0 aromatic heterocycles. The molecule has 0 aromatic rings. The van der Waals surface area contributed by atoms with E-state index in [4.69, 9.17) is 10.5 Å². The Morgan fingerprint density at radius 3 is 2.09 bits per heavy atom. The van der Waals surface area contributed by atoms with Crippen molar-refractivity contribution in [2.45, 2.75) is 37.7 Å². The first-order chi connectivity index (χ1) is 10.5. The number of rotatable bonds is 2. The van der Waals surface area contributed by atoms with E-state index >= 15 is 0 Å². The third-order valence-corrected chi connectivity index (χ3v) is 4.73. The van der Waals surface area contributed by atoms with Crippen LogP contribution >= 0.6 is 0 Å². The third kappa shape index (κ3) is 3.28. The molecule has 2 saturated heterocycles. The van der Waals surface area contributed by atoms with E-state index in [2.05, 4.69) is 0 Å². The second-order valence-electron chi connectivity index (χ2n) is 6.06. The minimum Gasteiger partial charge on any atom is -0.381 e. The van der Waals surface area contributed by atoms with Gasteiger partial charge < -0.3 is 15.4 Å². The van der Waals surface area contributed by atoms with Crippen LogP contribution < -0.4 is 5.73 Å². The van der Waals surface area contributed by atoms with Crippen molar-refractivity contribution in [2.75, 3.05) is 26.3 Å². The van der Waals surface area contributed by atoms with Crippen molar-refractivity contribution in [3.8, 4) is 0 Å². The van der Waals surface area contributed by atoms with E-state index in [1.54, 1.807) is 0 Å². The number of hydrogen-bond acceptors (Lipinski definition) is 3. The van der Waals surface area contributed by atoms with E-state index in [0.29, 0.717) is 31.0 Å². The molecular formula is C13H18F6N2O2. The first kappa shape index (κ1) is 18.3. The van der Waals surface area contributed by atoms with Gasteiger partial charge >= 0.3 is 12.4 Å². The van der Waals surface area contributed by atoms with Gasteiger partial charge in [0, 0.05) is 26.3 Å². The molecule has 10 heteroatoms. The van der Waals surface area contributed by atoms with Crippen molar-refractivity contribution in [3.63, 3.8) is 0 Å². The first-order valence-electron chi connectivity index (χ1n) is 7.25. The summed E-state index contributed by atoms with van der Waals surface area (Å²) in [5.41, 5.74) is 1.90. The average Bonchev–Trinajstić information content (AvgIpc) is 2.92. The predicted molar refractivity (Wildman–Crippen MR) is 67.3 cm³/mol. The summed E-state index contributed by atoms with van der Waals surface area (Å²) in [4.78, 5) is 12.8. The molecule has 1 atom stereocenters. The van der Waals surface area contributed by atoms with Crippen molar-refractivity contribution in [3.05, 3.63) is 0 Å². The van der Waals surface area contributed by atoms with Crippen LogP contribution in [-0.2, 0) is 9.53 Å². The van der Waals surface area contributed by atoms with Crippen LogP contribution in [0, 0.1) is 11.3 Å². The highest BCUT2D eigenvalue weighted by atomic mass is 19.4. The molecule has 2 aliphatic heterocycles. The lowest BCUT2D eigenvalue weighted by Gasteiger charge is -2.34. The molecule has 0 saturated carbocycles. The number of carbonyl (C=O) groups is 1. The summed E-state index contributed by atoms with van der Waals surface area (Å²) in [5, 5.41) is 0. The lowest BCUT2D eigenvalue weighted by molar-refractivity contribution is -0.334. The Labute approximate surface area is 128 Å². The van der Waals surface area contributed by atoms with Crippen LogP contribution in [-0.4, -0.2) is 55.5 Å². The van der Waals surface area contributed by atoms with Crippen LogP contribution in [0.15, 0.2) is 0 Å². The second-order valence-corrected chi connectivity index (χ2v) is 6.06.